The van der Waals surface area contributed by atoms with Gasteiger partial charge in [-0.2, -0.15) is 10.1 Å². The van der Waals surface area contributed by atoms with Crippen molar-refractivity contribution in [1.29, 1.82) is 0 Å². The average Bonchev–Trinajstić information content (AvgIpc) is 3.85. The number of amides is 1. The molecule has 1 amide bonds. The van der Waals surface area contributed by atoms with Gasteiger partial charge in [-0.3, -0.25) is 4.79 Å². The van der Waals surface area contributed by atoms with Gasteiger partial charge in [0.2, 0.25) is 5.95 Å². The molecule has 2 saturated carbocycles. The van der Waals surface area contributed by atoms with Crippen molar-refractivity contribution in [2.75, 3.05) is 11.9 Å². The Labute approximate surface area is 215 Å². The molecule has 37 heavy (non-hydrogen) atoms. The van der Waals surface area contributed by atoms with Crippen LogP contribution in [0, 0.1) is 0 Å². The number of nitrogens with zero attached hydrogens (tertiary/aromatic N) is 5. The summed E-state index contributed by atoms with van der Waals surface area (Å²) in [6, 6.07) is 12.1. The van der Waals surface area contributed by atoms with Gasteiger partial charge in [0.15, 0.2) is 12.1 Å². The fourth-order valence-corrected chi connectivity index (χ4v) is 5.21. The Morgan fingerprint density at radius 1 is 1.03 bits per heavy atom. The van der Waals surface area contributed by atoms with Gasteiger partial charge in [-0.05, 0) is 80.7 Å². The van der Waals surface area contributed by atoms with Crippen LogP contribution >= 0.6 is 0 Å². The first kappa shape index (κ1) is 22.5. The molecule has 3 aliphatic rings. The maximum Gasteiger partial charge on any atom is 0.251 e. The Hall–Kier alpha value is -3.72. The summed E-state index contributed by atoms with van der Waals surface area (Å²) < 4.78 is 9.84. The van der Waals surface area contributed by atoms with Crippen molar-refractivity contribution in [3.05, 3.63) is 53.7 Å². The fraction of sp³-hybridized carbons (Fsp3) is 0.429. The number of carbonyl (C=O) groups is 1. The third-order valence-corrected chi connectivity index (χ3v) is 7.56. The molecule has 1 unspecified atom stereocenters. The average molecular weight is 498 g/mol. The SMILES string of the molecule is Cn1nc(-c2ccc(C(=O)NC3CC3)cc2)nc1Nc1ccc2c(cnn2C2CCCCO2)c1C1CC1. The number of anilines is 2. The zero-order valence-corrected chi connectivity index (χ0v) is 21.0. The predicted octanol–water partition coefficient (Wildman–Crippen LogP) is 5.04. The quantitative estimate of drug-likeness (QED) is 0.371. The van der Waals surface area contributed by atoms with Gasteiger partial charge in [-0.25, -0.2) is 9.36 Å². The van der Waals surface area contributed by atoms with Crippen molar-refractivity contribution in [2.24, 2.45) is 7.05 Å². The van der Waals surface area contributed by atoms with Crippen molar-refractivity contribution >= 4 is 28.4 Å². The summed E-state index contributed by atoms with van der Waals surface area (Å²) in [5.41, 5.74) is 5.01. The standard InChI is InChI=1S/C28H31N7O2/c1-34-28(32-26(33-34)18-7-9-19(10-8-18)27(36)30-20-11-12-20)31-22-13-14-23-21(25(22)17-5-6-17)16-29-35(23)24-4-2-3-15-37-24/h7-10,13-14,16-17,20,24H,2-6,11-12,15H2,1H3,(H,30,36)(H,31,32,33). The summed E-state index contributed by atoms with van der Waals surface area (Å²) in [6.07, 6.45) is 9.83. The van der Waals surface area contributed by atoms with Crippen LogP contribution in [-0.4, -0.2) is 43.1 Å². The van der Waals surface area contributed by atoms with E-state index >= 15 is 0 Å². The number of hydrogen-bond donors (Lipinski definition) is 2. The molecule has 4 aromatic rings. The second-order valence-electron chi connectivity index (χ2n) is 10.5. The topological polar surface area (TPSA) is 98.9 Å². The van der Waals surface area contributed by atoms with Gasteiger partial charge in [-0.15, -0.1) is 5.10 Å². The minimum Gasteiger partial charge on any atom is -0.356 e. The van der Waals surface area contributed by atoms with Gasteiger partial charge in [0, 0.05) is 41.9 Å². The molecule has 2 aliphatic carbocycles. The highest BCUT2D eigenvalue weighted by Gasteiger charge is 2.30. The lowest BCUT2D eigenvalue weighted by molar-refractivity contribution is -0.0366. The van der Waals surface area contributed by atoms with E-state index in [-0.39, 0.29) is 12.1 Å². The molecule has 1 aliphatic heterocycles. The van der Waals surface area contributed by atoms with E-state index in [4.69, 9.17) is 14.8 Å². The van der Waals surface area contributed by atoms with E-state index < -0.39 is 0 Å². The Balaban J connectivity index is 1.16. The van der Waals surface area contributed by atoms with E-state index in [0.717, 1.165) is 49.1 Å². The molecule has 9 heteroatoms. The number of carbonyl (C=O) groups excluding carboxylic acids is 1. The highest BCUT2D eigenvalue weighted by Crippen LogP contribution is 2.47. The number of benzene rings is 2. The number of rotatable bonds is 7. The van der Waals surface area contributed by atoms with Gasteiger partial charge in [0.1, 0.15) is 0 Å². The monoisotopic (exact) mass is 497 g/mol. The molecule has 3 fully saturated rings. The Bertz CT molecular complexity index is 1460. The van der Waals surface area contributed by atoms with Crippen LogP contribution in [0.25, 0.3) is 22.3 Å². The number of aryl methyl sites for hydroxylation is 1. The van der Waals surface area contributed by atoms with E-state index in [0.29, 0.717) is 29.3 Å². The summed E-state index contributed by atoms with van der Waals surface area (Å²) in [7, 11) is 1.89. The van der Waals surface area contributed by atoms with Gasteiger partial charge in [-0.1, -0.05) is 12.1 Å². The number of hydrogen-bond acceptors (Lipinski definition) is 6. The summed E-state index contributed by atoms with van der Waals surface area (Å²) in [6.45, 7) is 0.798. The molecule has 9 nitrogen and oxygen atoms in total. The third-order valence-electron chi connectivity index (χ3n) is 7.56. The molecule has 2 N–H and O–H groups in total. The minimum absolute atomic E-state index is 0.0181. The summed E-state index contributed by atoms with van der Waals surface area (Å²) in [5.74, 6) is 1.80. The highest BCUT2D eigenvalue weighted by atomic mass is 16.5. The normalized spacial score (nSPS) is 19.8. The highest BCUT2D eigenvalue weighted by molar-refractivity contribution is 5.95. The van der Waals surface area contributed by atoms with E-state index in [2.05, 4.69) is 32.5 Å². The zero-order chi connectivity index (χ0) is 24.9. The molecule has 0 spiro atoms. The van der Waals surface area contributed by atoms with E-state index in [1.807, 2.05) is 37.5 Å². The molecule has 190 valence electrons. The van der Waals surface area contributed by atoms with Crippen molar-refractivity contribution < 1.29 is 9.53 Å². The Kier molecular flexibility index (Phi) is 5.46. The van der Waals surface area contributed by atoms with Crippen LogP contribution in [-0.2, 0) is 11.8 Å². The minimum atomic E-state index is -0.0215. The number of nitrogens with one attached hydrogen (secondary N) is 2. The van der Waals surface area contributed by atoms with Crippen molar-refractivity contribution in [1.82, 2.24) is 29.9 Å². The van der Waals surface area contributed by atoms with Gasteiger partial charge >= 0.3 is 0 Å². The maximum absolute atomic E-state index is 12.3. The molecule has 1 atom stereocenters. The summed E-state index contributed by atoms with van der Waals surface area (Å²) in [4.78, 5) is 17.1. The number of fused-ring (bicyclic) bond motifs is 1. The third kappa shape index (κ3) is 4.37. The molecule has 0 bridgehead atoms. The first-order valence-electron chi connectivity index (χ1n) is 13.3. The van der Waals surface area contributed by atoms with Crippen LogP contribution in [0.4, 0.5) is 11.6 Å². The Morgan fingerprint density at radius 2 is 1.86 bits per heavy atom. The van der Waals surface area contributed by atoms with Crippen molar-refractivity contribution in [3.63, 3.8) is 0 Å². The molecule has 3 heterocycles. The summed E-state index contributed by atoms with van der Waals surface area (Å²) >= 11 is 0. The van der Waals surface area contributed by atoms with Crippen LogP contribution < -0.4 is 10.6 Å². The van der Waals surface area contributed by atoms with E-state index in [9.17, 15) is 4.79 Å². The lowest BCUT2D eigenvalue weighted by Gasteiger charge is -2.23. The zero-order valence-electron chi connectivity index (χ0n) is 21.0. The first-order chi connectivity index (χ1) is 18.1. The molecular weight excluding hydrogens is 466 g/mol. The smallest absolute Gasteiger partial charge is 0.251 e. The molecule has 1 saturated heterocycles. The van der Waals surface area contributed by atoms with Crippen molar-refractivity contribution in [2.45, 2.75) is 63.1 Å². The second kappa shape index (κ2) is 8.99. The van der Waals surface area contributed by atoms with Gasteiger partial charge in [0.05, 0.1) is 11.7 Å². The second-order valence-corrected chi connectivity index (χ2v) is 10.5. The van der Waals surface area contributed by atoms with E-state index in [1.165, 1.54) is 30.2 Å². The molecule has 7 rings (SSSR count). The van der Waals surface area contributed by atoms with E-state index in [1.54, 1.807) is 4.68 Å². The van der Waals surface area contributed by atoms with Crippen LogP contribution in [0.5, 0.6) is 0 Å². The predicted molar refractivity (Wildman–Crippen MR) is 141 cm³/mol. The largest absolute Gasteiger partial charge is 0.356 e. The maximum atomic E-state index is 12.3. The fourth-order valence-electron chi connectivity index (χ4n) is 5.21. The van der Waals surface area contributed by atoms with Crippen LogP contribution in [0.3, 0.4) is 0 Å². The van der Waals surface area contributed by atoms with Gasteiger partial charge in [0.25, 0.3) is 5.91 Å². The lowest BCUT2D eigenvalue weighted by Crippen LogP contribution is -2.25. The molecular formula is C28H31N7O2. The first-order valence-corrected chi connectivity index (χ1v) is 13.3. The van der Waals surface area contributed by atoms with Gasteiger partial charge < -0.3 is 15.4 Å². The molecule has 0 radical (unpaired) electrons. The van der Waals surface area contributed by atoms with Crippen LogP contribution in [0.2, 0.25) is 0 Å². The van der Waals surface area contributed by atoms with Crippen LogP contribution in [0.1, 0.15) is 73.0 Å². The van der Waals surface area contributed by atoms with Crippen molar-refractivity contribution in [3.8, 4) is 11.4 Å². The number of ether oxygens (including phenoxy) is 1. The Morgan fingerprint density at radius 3 is 2.59 bits per heavy atom. The lowest BCUT2D eigenvalue weighted by atomic mass is 10.0. The van der Waals surface area contributed by atoms with Crippen LogP contribution in [0.15, 0.2) is 42.6 Å². The summed E-state index contributed by atoms with van der Waals surface area (Å²) in [5, 5.41) is 17.1. The number of aromatic nitrogens is 5. The molecule has 2 aromatic carbocycles. The molecule has 2 aromatic heterocycles.